The molecule has 0 radical (unpaired) electrons. The monoisotopic (exact) mass is 450 g/mol. The Kier molecular flexibility index (Phi) is 8.04. The molecule has 0 atom stereocenters. The molecule has 0 aliphatic heterocycles. The summed E-state index contributed by atoms with van der Waals surface area (Å²) in [5.74, 6) is 0. The summed E-state index contributed by atoms with van der Waals surface area (Å²) in [6.45, 7) is 8.21. The summed E-state index contributed by atoms with van der Waals surface area (Å²) in [6.07, 6.45) is 5.48. The average Bonchev–Trinajstić information content (AvgIpc) is 2.77. The lowest BCUT2D eigenvalue weighted by Crippen LogP contribution is -2.66. The molecule has 0 unspecified atom stereocenters. The maximum absolute atomic E-state index is 11.8. The van der Waals surface area contributed by atoms with Crippen LogP contribution in [0.2, 0.25) is 5.04 Å². The van der Waals surface area contributed by atoms with Crippen LogP contribution in [0.1, 0.15) is 46.5 Å². The van der Waals surface area contributed by atoms with E-state index in [2.05, 4.69) is 86.4 Å². The van der Waals surface area contributed by atoms with Crippen molar-refractivity contribution in [3.05, 3.63) is 93.8 Å². The van der Waals surface area contributed by atoms with E-state index in [1.807, 2.05) is 0 Å². The number of H-pyrrole nitrogens is 1. The van der Waals surface area contributed by atoms with Crippen LogP contribution >= 0.6 is 0 Å². The first-order chi connectivity index (χ1) is 15.3. The second kappa shape index (κ2) is 10.7. The molecule has 0 aliphatic rings. The summed E-state index contributed by atoms with van der Waals surface area (Å²) < 4.78 is 8.46. The van der Waals surface area contributed by atoms with Crippen molar-refractivity contribution < 1.29 is 4.43 Å². The smallest absolute Gasteiger partial charge is 0.328 e. The van der Waals surface area contributed by atoms with E-state index in [1.165, 1.54) is 16.4 Å². The standard InChI is InChI=1S/C26H34N2O3Si/c1-26(2,3)32(22-14-8-6-9-15-22,23-16-10-7-11-17-23)31-21-13-5-4-12-19-28-20-18-24(29)27-25(28)30/h6-11,14-18,20H,4-5,12-13,19,21H2,1-3H3,(H,27,29,30). The van der Waals surface area contributed by atoms with Gasteiger partial charge in [-0.25, -0.2) is 4.79 Å². The molecule has 1 aromatic heterocycles. The van der Waals surface area contributed by atoms with Gasteiger partial charge in [-0.15, -0.1) is 0 Å². The minimum absolute atomic E-state index is 0.0128. The van der Waals surface area contributed by atoms with Gasteiger partial charge in [0, 0.05) is 25.4 Å². The molecular weight excluding hydrogens is 416 g/mol. The van der Waals surface area contributed by atoms with Crippen LogP contribution in [0.4, 0.5) is 0 Å². The first-order valence-corrected chi connectivity index (χ1v) is 13.3. The van der Waals surface area contributed by atoms with E-state index in [0.717, 1.165) is 25.7 Å². The summed E-state index contributed by atoms with van der Waals surface area (Å²) in [5.41, 5.74) is -0.695. The zero-order chi connectivity index (χ0) is 23.0. The number of rotatable bonds is 10. The van der Waals surface area contributed by atoms with Gasteiger partial charge in [0.2, 0.25) is 0 Å². The van der Waals surface area contributed by atoms with Gasteiger partial charge in [0.1, 0.15) is 0 Å². The van der Waals surface area contributed by atoms with Crippen LogP contribution in [-0.4, -0.2) is 24.5 Å². The van der Waals surface area contributed by atoms with Crippen LogP contribution in [0.15, 0.2) is 82.5 Å². The van der Waals surface area contributed by atoms with Crippen molar-refractivity contribution in [1.29, 1.82) is 0 Å². The molecule has 0 saturated carbocycles. The van der Waals surface area contributed by atoms with Gasteiger partial charge < -0.3 is 8.99 Å². The Bertz CT molecular complexity index is 1050. The fourth-order valence-corrected chi connectivity index (χ4v) is 8.95. The summed E-state index contributed by atoms with van der Waals surface area (Å²) in [6, 6.07) is 22.8. The van der Waals surface area contributed by atoms with Crippen LogP contribution in [0.5, 0.6) is 0 Å². The Morgan fingerprint density at radius 1 is 0.812 bits per heavy atom. The summed E-state index contributed by atoms with van der Waals surface area (Å²) in [5, 5.41) is 2.59. The summed E-state index contributed by atoms with van der Waals surface area (Å²) >= 11 is 0. The number of aromatic nitrogens is 2. The van der Waals surface area contributed by atoms with Crippen molar-refractivity contribution >= 4 is 18.7 Å². The van der Waals surface area contributed by atoms with Crippen molar-refractivity contribution in [2.45, 2.75) is 58.0 Å². The normalized spacial score (nSPS) is 12.1. The Morgan fingerprint density at radius 3 is 1.91 bits per heavy atom. The van der Waals surface area contributed by atoms with E-state index in [4.69, 9.17) is 4.43 Å². The highest BCUT2D eigenvalue weighted by Crippen LogP contribution is 2.36. The van der Waals surface area contributed by atoms with Crippen molar-refractivity contribution in [3.8, 4) is 0 Å². The van der Waals surface area contributed by atoms with Crippen LogP contribution in [0.25, 0.3) is 0 Å². The van der Waals surface area contributed by atoms with Gasteiger partial charge in [-0.1, -0.05) is 94.3 Å². The van der Waals surface area contributed by atoms with Gasteiger partial charge in [-0.3, -0.25) is 9.78 Å². The van der Waals surface area contributed by atoms with E-state index in [9.17, 15) is 9.59 Å². The van der Waals surface area contributed by atoms with Crippen LogP contribution in [0.3, 0.4) is 0 Å². The molecule has 1 N–H and O–H groups in total. The lowest BCUT2D eigenvalue weighted by Gasteiger charge is -2.43. The molecule has 0 aliphatic carbocycles. The van der Waals surface area contributed by atoms with E-state index in [1.54, 1.807) is 10.8 Å². The predicted octanol–water partition coefficient (Wildman–Crippen LogP) is 3.67. The molecule has 3 rings (SSSR count). The maximum atomic E-state index is 11.8. The maximum Gasteiger partial charge on any atom is 0.328 e. The molecule has 0 bridgehead atoms. The van der Waals surface area contributed by atoms with Crippen molar-refractivity contribution in [2.24, 2.45) is 0 Å². The number of nitrogens with zero attached hydrogens (tertiary/aromatic N) is 1. The largest absolute Gasteiger partial charge is 0.407 e. The van der Waals surface area contributed by atoms with Gasteiger partial charge in [0.25, 0.3) is 13.9 Å². The Morgan fingerprint density at radius 2 is 1.38 bits per heavy atom. The molecule has 2 aromatic carbocycles. The summed E-state index contributed by atoms with van der Waals surface area (Å²) in [7, 11) is -2.46. The highest BCUT2D eigenvalue weighted by molar-refractivity contribution is 6.99. The van der Waals surface area contributed by atoms with Gasteiger partial charge >= 0.3 is 5.69 Å². The third-order valence-corrected chi connectivity index (χ3v) is 11.0. The Labute approximate surface area is 191 Å². The van der Waals surface area contributed by atoms with Crippen molar-refractivity contribution in [1.82, 2.24) is 9.55 Å². The van der Waals surface area contributed by atoms with Gasteiger partial charge in [0.05, 0.1) is 0 Å². The number of hydrogen-bond donors (Lipinski definition) is 1. The van der Waals surface area contributed by atoms with Crippen LogP contribution < -0.4 is 21.6 Å². The van der Waals surface area contributed by atoms with E-state index >= 15 is 0 Å². The Hall–Kier alpha value is -2.70. The topological polar surface area (TPSA) is 64.1 Å². The minimum atomic E-state index is -2.46. The Balaban J connectivity index is 1.64. The molecule has 3 aromatic rings. The molecule has 0 fully saturated rings. The lowest BCUT2D eigenvalue weighted by molar-refractivity contribution is 0.286. The van der Waals surface area contributed by atoms with Crippen molar-refractivity contribution in [2.75, 3.05) is 6.61 Å². The first-order valence-electron chi connectivity index (χ1n) is 11.4. The van der Waals surface area contributed by atoms with Gasteiger partial charge in [-0.05, 0) is 28.3 Å². The zero-order valence-electron chi connectivity index (χ0n) is 19.3. The summed E-state index contributed by atoms with van der Waals surface area (Å²) in [4.78, 5) is 25.2. The number of nitrogens with one attached hydrogen (secondary N) is 1. The molecule has 0 saturated heterocycles. The fraction of sp³-hybridized carbons (Fsp3) is 0.385. The number of hydrogen-bond acceptors (Lipinski definition) is 3. The van der Waals surface area contributed by atoms with Crippen LogP contribution in [0, 0.1) is 0 Å². The highest BCUT2D eigenvalue weighted by atomic mass is 28.4. The number of benzene rings is 2. The number of aromatic amines is 1. The number of aryl methyl sites for hydroxylation is 1. The third-order valence-electron chi connectivity index (χ3n) is 5.93. The molecule has 32 heavy (non-hydrogen) atoms. The molecule has 5 nitrogen and oxygen atoms in total. The number of unbranched alkanes of at least 4 members (excludes halogenated alkanes) is 3. The molecule has 6 heteroatoms. The molecular formula is C26H34N2O3Si. The second-order valence-electron chi connectivity index (χ2n) is 9.23. The van der Waals surface area contributed by atoms with Gasteiger partial charge in [0.15, 0.2) is 0 Å². The first kappa shape index (κ1) is 23.9. The third kappa shape index (κ3) is 5.55. The predicted molar refractivity (Wildman–Crippen MR) is 133 cm³/mol. The van der Waals surface area contributed by atoms with Gasteiger partial charge in [-0.2, -0.15) is 0 Å². The fourth-order valence-electron chi connectivity index (χ4n) is 4.34. The van der Waals surface area contributed by atoms with Crippen molar-refractivity contribution in [3.63, 3.8) is 0 Å². The quantitative estimate of drug-likeness (QED) is 0.379. The van der Waals surface area contributed by atoms with Crippen LogP contribution in [-0.2, 0) is 11.0 Å². The molecule has 170 valence electrons. The lowest BCUT2D eigenvalue weighted by atomic mass is 10.2. The zero-order valence-corrected chi connectivity index (χ0v) is 20.3. The molecule has 1 heterocycles. The SMILES string of the molecule is CC(C)(C)[Si](OCCCCCCn1ccc(=O)[nH]c1=O)(c1ccccc1)c1ccccc1. The van der Waals surface area contributed by atoms with E-state index in [-0.39, 0.29) is 16.3 Å². The molecule has 0 spiro atoms. The minimum Gasteiger partial charge on any atom is -0.407 e. The second-order valence-corrected chi connectivity index (χ2v) is 13.5. The molecule has 0 amide bonds. The average molecular weight is 451 g/mol. The highest BCUT2D eigenvalue weighted by Gasteiger charge is 2.49. The van der Waals surface area contributed by atoms with E-state index < -0.39 is 8.32 Å². The van der Waals surface area contributed by atoms with E-state index in [0.29, 0.717) is 13.2 Å².